The van der Waals surface area contributed by atoms with Crippen LogP contribution in [0.3, 0.4) is 0 Å². The highest BCUT2D eigenvalue weighted by Crippen LogP contribution is 2.29. The van der Waals surface area contributed by atoms with E-state index in [4.69, 9.17) is 0 Å². The fourth-order valence-electron chi connectivity index (χ4n) is 2.11. The molecule has 0 aromatic carbocycles. The Bertz CT molecular complexity index is 345. The lowest BCUT2D eigenvalue weighted by molar-refractivity contribution is 0.792. The lowest BCUT2D eigenvalue weighted by Gasteiger charge is -2.16. The first kappa shape index (κ1) is 13.8. The molecule has 0 fully saturated rings. The van der Waals surface area contributed by atoms with E-state index < -0.39 is 0 Å². The summed E-state index contributed by atoms with van der Waals surface area (Å²) in [4.78, 5) is 0. The Kier molecular flexibility index (Phi) is 5.82. The SMILES string of the molecule is C=C(CCCC)C1=CCCCC=C1C(=C)NC. The van der Waals surface area contributed by atoms with E-state index in [0.717, 1.165) is 25.0 Å². The molecule has 0 spiro atoms. The van der Waals surface area contributed by atoms with Gasteiger partial charge in [-0.1, -0.05) is 38.7 Å². The van der Waals surface area contributed by atoms with Crippen LogP contribution in [0.25, 0.3) is 0 Å². The molecule has 17 heavy (non-hydrogen) atoms. The zero-order valence-electron chi connectivity index (χ0n) is 11.3. The molecule has 0 heterocycles. The van der Waals surface area contributed by atoms with Crippen molar-refractivity contribution in [1.82, 2.24) is 5.32 Å². The first-order chi connectivity index (χ1) is 8.20. The summed E-state index contributed by atoms with van der Waals surface area (Å²) in [5.41, 5.74) is 4.84. The van der Waals surface area contributed by atoms with Crippen molar-refractivity contribution in [3.05, 3.63) is 47.7 Å². The number of hydrogen-bond acceptors (Lipinski definition) is 1. The van der Waals surface area contributed by atoms with Crippen LogP contribution in [-0.4, -0.2) is 7.05 Å². The van der Waals surface area contributed by atoms with E-state index in [1.54, 1.807) is 0 Å². The van der Waals surface area contributed by atoms with Crippen molar-refractivity contribution in [3.8, 4) is 0 Å². The van der Waals surface area contributed by atoms with Gasteiger partial charge in [-0.2, -0.15) is 0 Å². The van der Waals surface area contributed by atoms with Gasteiger partial charge in [-0.3, -0.25) is 0 Å². The standard InChI is InChI=1S/C16H25N/c1-5-6-10-13(2)15-11-8-7-9-12-16(15)14(3)17-4/h11-12,17H,2-3,5-10H2,1,4H3. The van der Waals surface area contributed by atoms with Crippen LogP contribution in [0.15, 0.2) is 47.7 Å². The highest BCUT2D eigenvalue weighted by molar-refractivity contribution is 5.54. The third-order valence-electron chi connectivity index (χ3n) is 3.24. The minimum atomic E-state index is 1.01. The zero-order valence-corrected chi connectivity index (χ0v) is 11.3. The fourth-order valence-corrected chi connectivity index (χ4v) is 2.11. The second-order valence-electron chi connectivity index (χ2n) is 4.60. The van der Waals surface area contributed by atoms with E-state index in [1.807, 2.05) is 7.05 Å². The van der Waals surface area contributed by atoms with Gasteiger partial charge in [0.1, 0.15) is 0 Å². The van der Waals surface area contributed by atoms with Gasteiger partial charge in [0.25, 0.3) is 0 Å². The maximum Gasteiger partial charge on any atom is 0.0340 e. The normalized spacial score (nSPS) is 15.6. The van der Waals surface area contributed by atoms with Gasteiger partial charge in [-0.05, 0) is 43.3 Å². The van der Waals surface area contributed by atoms with Gasteiger partial charge < -0.3 is 5.32 Å². The first-order valence-corrected chi connectivity index (χ1v) is 6.66. The number of rotatable bonds is 6. The molecule has 1 heteroatoms. The molecule has 0 amide bonds. The molecular weight excluding hydrogens is 206 g/mol. The second kappa shape index (κ2) is 7.16. The molecule has 94 valence electrons. The molecular formula is C16H25N. The molecule has 0 radical (unpaired) electrons. The van der Waals surface area contributed by atoms with Crippen LogP contribution in [0, 0.1) is 0 Å². The highest BCUT2D eigenvalue weighted by atomic mass is 14.8. The lowest BCUT2D eigenvalue weighted by atomic mass is 9.93. The molecule has 0 saturated heterocycles. The maximum absolute atomic E-state index is 4.25. The van der Waals surface area contributed by atoms with Crippen molar-refractivity contribution in [2.24, 2.45) is 0 Å². The average Bonchev–Trinajstić information content (AvgIpc) is 2.60. The predicted molar refractivity (Wildman–Crippen MR) is 76.9 cm³/mol. The largest absolute Gasteiger partial charge is 0.388 e. The van der Waals surface area contributed by atoms with E-state index in [9.17, 15) is 0 Å². The van der Waals surface area contributed by atoms with Crippen LogP contribution in [0.5, 0.6) is 0 Å². The molecule has 0 aromatic rings. The van der Waals surface area contributed by atoms with Crippen molar-refractivity contribution < 1.29 is 0 Å². The smallest absolute Gasteiger partial charge is 0.0340 e. The van der Waals surface area contributed by atoms with E-state index in [-0.39, 0.29) is 0 Å². The van der Waals surface area contributed by atoms with Crippen LogP contribution in [-0.2, 0) is 0 Å². The van der Waals surface area contributed by atoms with Gasteiger partial charge in [-0.15, -0.1) is 0 Å². The number of unbranched alkanes of at least 4 members (excludes halogenated alkanes) is 1. The quantitative estimate of drug-likeness (QED) is 0.709. The number of allylic oxidation sites excluding steroid dienone is 4. The van der Waals surface area contributed by atoms with E-state index >= 15 is 0 Å². The number of nitrogens with one attached hydrogen (secondary N) is 1. The van der Waals surface area contributed by atoms with Gasteiger partial charge in [0.15, 0.2) is 0 Å². The number of hydrogen-bond donors (Lipinski definition) is 1. The van der Waals surface area contributed by atoms with Crippen LogP contribution in [0.2, 0.25) is 0 Å². The zero-order chi connectivity index (χ0) is 12.7. The molecule has 0 unspecified atom stereocenters. The molecule has 0 aliphatic heterocycles. The van der Waals surface area contributed by atoms with Crippen LogP contribution in [0.1, 0.15) is 45.4 Å². The topological polar surface area (TPSA) is 12.0 Å². The Morgan fingerprint density at radius 1 is 1.24 bits per heavy atom. The van der Waals surface area contributed by atoms with Crippen LogP contribution < -0.4 is 5.32 Å². The van der Waals surface area contributed by atoms with Crippen molar-refractivity contribution in [1.29, 1.82) is 0 Å². The van der Waals surface area contributed by atoms with E-state index in [0.29, 0.717) is 0 Å². The molecule has 1 aliphatic carbocycles. The molecule has 0 aromatic heterocycles. The summed E-state index contributed by atoms with van der Waals surface area (Å²) in [5.74, 6) is 0. The summed E-state index contributed by atoms with van der Waals surface area (Å²) in [6.07, 6.45) is 11.7. The summed E-state index contributed by atoms with van der Waals surface area (Å²) in [5, 5.41) is 3.16. The average molecular weight is 231 g/mol. The van der Waals surface area contributed by atoms with Crippen molar-refractivity contribution in [2.45, 2.75) is 45.4 Å². The summed E-state index contributed by atoms with van der Waals surface area (Å²) in [6.45, 7) is 10.6. The molecule has 1 nitrogen and oxygen atoms in total. The maximum atomic E-state index is 4.25. The Morgan fingerprint density at radius 3 is 2.47 bits per heavy atom. The van der Waals surface area contributed by atoms with Gasteiger partial charge >= 0.3 is 0 Å². The summed E-state index contributed by atoms with van der Waals surface area (Å²) >= 11 is 0. The molecule has 1 N–H and O–H groups in total. The lowest BCUT2D eigenvalue weighted by Crippen LogP contribution is -2.09. The van der Waals surface area contributed by atoms with E-state index in [2.05, 4.69) is 37.6 Å². The summed E-state index contributed by atoms with van der Waals surface area (Å²) in [6, 6.07) is 0. The van der Waals surface area contributed by atoms with Crippen molar-refractivity contribution >= 4 is 0 Å². The fraction of sp³-hybridized carbons (Fsp3) is 0.500. The monoisotopic (exact) mass is 231 g/mol. The summed E-state index contributed by atoms with van der Waals surface area (Å²) < 4.78 is 0. The van der Waals surface area contributed by atoms with Crippen molar-refractivity contribution in [2.75, 3.05) is 7.05 Å². The Hall–Kier alpha value is -1.24. The minimum absolute atomic E-state index is 1.01. The summed E-state index contributed by atoms with van der Waals surface area (Å²) in [7, 11) is 1.93. The van der Waals surface area contributed by atoms with Gasteiger partial charge in [0.05, 0.1) is 0 Å². The van der Waals surface area contributed by atoms with Crippen LogP contribution in [0.4, 0.5) is 0 Å². The Labute approximate surface area is 106 Å². The Morgan fingerprint density at radius 2 is 1.88 bits per heavy atom. The minimum Gasteiger partial charge on any atom is -0.388 e. The predicted octanol–water partition coefficient (Wildman–Crippen LogP) is 4.50. The first-order valence-electron chi connectivity index (χ1n) is 6.66. The molecule has 0 atom stereocenters. The molecule has 1 aliphatic rings. The van der Waals surface area contributed by atoms with Gasteiger partial charge in [0.2, 0.25) is 0 Å². The second-order valence-corrected chi connectivity index (χ2v) is 4.60. The molecule has 0 saturated carbocycles. The van der Waals surface area contributed by atoms with Gasteiger partial charge in [0, 0.05) is 18.3 Å². The third kappa shape index (κ3) is 3.92. The van der Waals surface area contributed by atoms with Gasteiger partial charge in [-0.25, -0.2) is 0 Å². The third-order valence-corrected chi connectivity index (χ3v) is 3.24. The Balaban J connectivity index is 2.87. The molecule has 0 bridgehead atoms. The number of likely N-dealkylation sites (N-methyl/N-ethyl adjacent to an activating group) is 1. The highest BCUT2D eigenvalue weighted by Gasteiger charge is 2.12. The molecule has 1 rings (SSSR count). The van der Waals surface area contributed by atoms with E-state index in [1.165, 1.54) is 36.0 Å². The van der Waals surface area contributed by atoms with Crippen molar-refractivity contribution in [3.63, 3.8) is 0 Å². The van der Waals surface area contributed by atoms with Crippen LogP contribution >= 0.6 is 0 Å².